The Morgan fingerprint density at radius 2 is 1.94 bits per heavy atom. The normalized spacial score (nSPS) is 12.2. The molecule has 0 bridgehead atoms. The van der Waals surface area contributed by atoms with Gasteiger partial charge in [0.25, 0.3) is 0 Å². The number of benzene rings is 1. The van der Waals surface area contributed by atoms with Crippen LogP contribution in [0.5, 0.6) is 0 Å². The molecule has 17 heavy (non-hydrogen) atoms. The molecule has 0 fully saturated rings. The fraction of sp³-hybridized carbons (Fsp3) is 0.500. The summed E-state index contributed by atoms with van der Waals surface area (Å²) in [6.07, 6.45) is 1.45. The van der Waals surface area contributed by atoms with Crippen molar-refractivity contribution in [2.45, 2.75) is 32.6 Å². The number of carbonyl (C=O) groups is 1. The van der Waals surface area contributed by atoms with E-state index in [1.807, 2.05) is 6.92 Å². The molecule has 0 unspecified atom stereocenters. The highest BCUT2D eigenvalue weighted by atomic mass is 16.5. The van der Waals surface area contributed by atoms with Gasteiger partial charge in [0.1, 0.15) is 0 Å². The third-order valence-corrected chi connectivity index (χ3v) is 2.80. The molecule has 3 nitrogen and oxygen atoms in total. The largest absolute Gasteiger partial charge is 0.466 e. The van der Waals surface area contributed by atoms with Crippen LogP contribution in [0.1, 0.15) is 36.8 Å². The highest BCUT2D eigenvalue weighted by molar-refractivity contribution is 5.65. The van der Waals surface area contributed by atoms with Crippen molar-refractivity contribution in [3.8, 4) is 0 Å². The molecule has 0 aromatic heterocycles. The second-order valence-electron chi connectivity index (χ2n) is 4.25. The number of hydrogen-bond acceptors (Lipinski definition) is 3. The zero-order valence-electron chi connectivity index (χ0n) is 10.5. The summed E-state index contributed by atoms with van der Waals surface area (Å²) in [7, 11) is 0. The first kappa shape index (κ1) is 13.7. The Hall–Kier alpha value is -1.35. The van der Waals surface area contributed by atoms with E-state index in [1.54, 1.807) is 0 Å². The van der Waals surface area contributed by atoms with Crippen molar-refractivity contribution < 1.29 is 14.6 Å². The molecule has 1 N–H and O–H groups in total. The second-order valence-corrected chi connectivity index (χ2v) is 4.25. The van der Waals surface area contributed by atoms with Crippen LogP contribution < -0.4 is 0 Å². The van der Waals surface area contributed by atoms with Crippen LogP contribution in [-0.2, 0) is 9.53 Å². The van der Waals surface area contributed by atoms with Gasteiger partial charge in [-0.15, -0.1) is 0 Å². The summed E-state index contributed by atoms with van der Waals surface area (Å²) >= 11 is 0. The standard InChI is InChI=1S/C14H20O3/c1-11-3-5-13(6-4-11)14(7-9-15)8-10-17-12(2)16/h3-6,14-15H,7-10H2,1-2H3/t14-/m0/s1. The van der Waals surface area contributed by atoms with Crippen molar-refractivity contribution in [1.29, 1.82) is 0 Å². The molecule has 3 heteroatoms. The van der Waals surface area contributed by atoms with Crippen LogP contribution in [0.3, 0.4) is 0 Å². The zero-order chi connectivity index (χ0) is 12.7. The number of ether oxygens (including phenoxy) is 1. The monoisotopic (exact) mass is 236 g/mol. The topological polar surface area (TPSA) is 46.5 Å². The first-order chi connectivity index (χ1) is 8.13. The predicted molar refractivity (Wildman–Crippen MR) is 66.9 cm³/mol. The molecule has 0 spiro atoms. The average Bonchev–Trinajstić information content (AvgIpc) is 2.29. The lowest BCUT2D eigenvalue weighted by atomic mass is 9.92. The van der Waals surface area contributed by atoms with Gasteiger partial charge in [0.2, 0.25) is 0 Å². The van der Waals surface area contributed by atoms with Gasteiger partial charge in [0.05, 0.1) is 6.61 Å². The van der Waals surface area contributed by atoms with Crippen LogP contribution in [0.4, 0.5) is 0 Å². The number of aliphatic hydroxyl groups is 1. The van der Waals surface area contributed by atoms with Crippen LogP contribution in [0.25, 0.3) is 0 Å². The number of esters is 1. The molecule has 1 atom stereocenters. The number of aryl methyl sites for hydroxylation is 1. The molecule has 1 aromatic carbocycles. The predicted octanol–water partition coefficient (Wildman–Crippen LogP) is 2.41. The molecule has 94 valence electrons. The Kier molecular flexibility index (Phi) is 5.70. The minimum atomic E-state index is -0.253. The third-order valence-electron chi connectivity index (χ3n) is 2.80. The molecule has 0 saturated carbocycles. The summed E-state index contributed by atoms with van der Waals surface area (Å²) in [5.41, 5.74) is 2.41. The quantitative estimate of drug-likeness (QED) is 0.771. The molecule has 0 aliphatic rings. The van der Waals surface area contributed by atoms with Gasteiger partial charge in [0.15, 0.2) is 0 Å². The third kappa shape index (κ3) is 5.00. The maximum atomic E-state index is 10.7. The summed E-state index contributed by atoms with van der Waals surface area (Å²) < 4.78 is 4.94. The van der Waals surface area contributed by atoms with Crippen LogP contribution in [0.15, 0.2) is 24.3 Å². The lowest BCUT2D eigenvalue weighted by molar-refractivity contribution is -0.141. The van der Waals surface area contributed by atoms with Crippen molar-refractivity contribution in [2.24, 2.45) is 0 Å². The Bertz CT molecular complexity index is 343. The Balaban J connectivity index is 2.58. The summed E-state index contributed by atoms with van der Waals surface area (Å²) in [6.45, 7) is 4.02. The van der Waals surface area contributed by atoms with Crippen LogP contribution in [-0.4, -0.2) is 24.3 Å². The second kappa shape index (κ2) is 7.07. The fourth-order valence-corrected chi connectivity index (χ4v) is 1.82. The number of rotatable bonds is 6. The Morgan fingerprint density at radius 3 is 2.47 bits per heavy atom. The van der Waals surface area contributed by atoms with Gasteiger partial charge >= 0.3 is 5.97 Å². The molecular weight excluding hydrogens is 216 g/mol. The molecule has 1 aromatic rings. The molecule has 0 aliphatic carbocycles. The van der Waals surface area contributed by atoms with E-state index in [9.17, 15) is 4.79 Å². The molecule has 0 saturated heterocycles. The van der Waals surface area contributed by atoms with Crippen molar-refractivity contribution in [2.75, 3.05) is 13.2 Å². The van der Waals surface area contributed by atoms with E-state index in [2.05, 4.69) is 24.3 Å². The average molecular weight is 236 g/mol. The van der Waals surface area contributed by atoms with Gasteiger partial charge in [-0.25, -0.2) is 0 Å². The zero-order valence-corrected chi connectivity index (χ0v) is 10.5. The van der Waals surface area contributed by atoms with Crippen molar-refractivity contribution in [3.63, 3.8) is 0 Å². The van der Waals surface area contributed by atoms with Gasteiger partial charge in [0, 0.05) is 13.5 Å². The molecule has 0 radical (unpaired) electrons. The Morgan fingerprint density at radius 1 is 1.29 bits per heavy atom. The van der Waals surface area contributed by atoms with Crippen LogP contribution >= 0.6 is 0 Å². The molecular formula is C14H20O3. The maximum absolute atomic E-state index is 10.7. The van der Waals surface area contributed by atoms with E-state index in [4.69, 9.17) is 9.84 Å². The van der Waals surface area contributed by atoms with Gasteiger partial charge in [-0.3, -0.25) is 4.79 Å². The molecule has 0 amide bonds. The SMILES string of the molecule is CC(=O)OCC[C@H](CCO)c1ccc(C)cc1. The van der Waals surface area contributed by atoms with Gasteiger partial charge in [-0.05, 0) is 31.2 Å². The minimum Gasteiger partial charge on any atom is -0.466 e. The highest BCUT2D eigenvalue weighted by Crippen LogP contribution is 2.23. The molecule has 0 aliphatic heterocycles. The summed E-state index contributed by atoms with van der Waals surface area (Å²) in [5.74, 6) is -0.00314. The van der Waals surface area contributed by atoms with Crippen molar-refractivity contribution in [1.82, 2.24) is 0 Å². The van der Waals surface area contributed by atoms with Gasteiger partial charge < -0.3 is 9.84 Å². The lowest BCUT2D eigenvalue weighted by Crippen LogP contribution is -2.08. The summed E-state index contributed by atoms with van der Waals surface area (Å²) in [6, 6.07) is 8.27. The lowest BCUT2D eigenvalue weighted by Gasteiger charge is -2.16. The van der Waals surface area contributed by atoms with Gasteiger partial charge in [-0.1, -0.05) is 29.8 Å². The van der Waals surface area contributed by atoms with E-state index in [-0.39, 0.29) is 18.5 Å². The molecule has 0 heterocycles. The number of carbonyl (C=O) groups excluding carboxylic acids is 1. The van der Waals surface area contributed by atoms with E-state index in [0.29, 0.717) is 13.0 Å². The number of aliphatic hydroxyl groups excluding tert-OH is 1. The van der Waals surface area contributed by atoms with Gasteiger partial charge in [-0.2, -0.15) is 0 Å². The van der Waals surface area contributed by atoms with E-state index in [1.165, 1.54) is 18.1 Å². The first-order valence-corrected chi connectivity index (χ1v) is 5.94. The smallest absolute Gasteiger partial charge is 0.302 e. The highest BCUT2D eigenvalue weighted by Gasteiger charge is 2.11. The first-order valence-electron chi connectivity index (χ1n) is 5.94. The van der Waals surface area contributed by atoms with Crippen LogP contribution in [0.2, 0.25) is 0 Å². The van der Waals surface area contributed by atoms with E-state index in [0.717, 1.165) is 6.42 Å². The van der Waals surface area contributed by atoms with E-state index < -0.39 is 0 Å². The minimum absolute atomic E-state index is 0.151. The van der Waals surface area contributed by atoms with Crippen LogP contribution in [0, 0.1) is 6.92 Å². The number of hydrogen-bond donors (Lipinski definition) is 1. The summed E-state index contributed by atoms with van der Waals surface area (Å²) in [4.78, 5) is 10.7. The fourth-order valence-electron chi connectivity index (χ4n) is 1.82. The maximum Gasteiger partial charge on any atom is 0.302 e. The van der Waals surface area contributed by atoms with E-state index >= 15 is 0 Å². The molecule has 1 rings (SSSR count). The Labute approximate surface area is 102 Å². The van der Waals surface area contributed by atoms with Crippen molar-refractivity contribution >= 4 is 5.97 Å². The van der Waals surface area contributed by atoms with Crippen molar-refractivity contribution in [3.05, 3.63) is 35.4 Å². The summed E-state index contributed by atoms with van der Waals surface area (Å²) in [5, 5.41) is 9.05.